The fraction of sp³-hybridized carbons (Fsp3) is 0.462. The van der Waals surface area contributed by atoms with E-state index in [4.69, 9.17) is 0 Å². The summed E-state index contributed by atoms with van der Waals surface area (Å²) < 4.78 is 29.3. The van der Waals surface area contributed by atoms with Gasteiger partial charge in [0.2, 0.25) is 15.9 Å². The molecule has 2 aromatic carbocycles. The summed E-state index contributed by atoms with van der Waals surface area (Å²) in [6, 6.07) is 13.3. The predicted molar refractivity (Wildman–Crippen MR) is 149 cm³/mol. The number of carbonyl (C=O) groups excluding carboxylic acids is 1. The quantitative estimate of drug-likeness (QED) is 0.329. The minimum Gasteiger partial charge on any atom is -0.369 e. The fourth-order valence-corrected chi connectivity index (χ4v) is 6.64. The smallest absolute Gasteiger partial charge is 0.243 e. The highest BCUT2D eigenvalue weighted by Gasteiger charge is 2.23. The lowest BCUT2D eigenvalue weighted by molar-refractivity contribution is -0.113. The number of anilines is 2. The van der Waals surface area contributed by atoms with Crippen molar-refractivity contribution in [2.45, 2.75) is 64.2 Å². The van der Waals surface area contributed by atoms with Crippen molar-refractivity contribution >= 4 is 50.1 Å². The van der Waals surface area contributed by atoms with E-state index in [1.165, 1.54) is 16.1 Å². The van der Waals surface area contributed by atoms with Gasteiger partial charge in [-0.3, -0.25) is 4.79 Å². The maximum absolute atomic E-state index is 12.9. The lowest BCUT2D eigenvalue weighted by Gasteiger charge is -2.27. The van der Waals surface area contributed by atoms with Crippen molar-refractivity contribution in [2.24, 2.45) is 0 Å². The van der Waals surface area contributed by atoms with Crippen LogP contribution >= 0.6 is 11.8 Å². The van der Waals surface area contributed by atoms with E-state index in [0.29, 0.717) is 36.3 Å². The molecule has 0 unspecified atom stereocenters. The first-order valence-electron chi connectivity index (χ1n) is 12.5. The lowest BCUT2D eigenvalue weighted by atomic mass is 10.2. The number of hydrogen-bond acceptors (Lipinski definition) is 6. The highest BCUT2D eigenvalue weighted by atomic mass is 32.2. The number of aromatic nitrogens is 2. The van der Waals surface area contributed by atoms with E-state index in [9.17, 15) is 13.2 Å². The van der Waals surface area contributed by atoms with Crippen LogP contribution in [-0.2, 0) is 21.4 Å². The average Bonchev–Trinajstić information content (AvgIpc) is 3.21. The molecule has 196 valence electrons. The molecule has 0 bridgehead atoms. The van der Waals surface area contributed by atoms with Crippen LogP contribution in [0.25, 0.3) is 11.0 Å². The van der Waals surface area contributed by atoms with Gasteiger partial charge in [-0.1, -0.05) is 25.6 Å². The molecular weight excluding hydrogens is 494 g/mol. The highest BCUT2D eigenvalue weighted by molar-refractivity contribution is 7.99. The van der Waals surface area contributed by atoms with Gasteiger partial charge in [0.25, 0.3) is 0 Å². The van der Waals surface area contributed by atoms with Crippen LogP contribution in [0.15, 0.2) is 52.5 Å². The first-order chi connectivity index (χ1) is 17.2. The van der Waals surface area contributed by atoms with Crippen molar-refractivity contribution < 1.29 is 13.2 Å². The standard InChI is InChI=1S/C26H37N5O3S2/c1-7-29(8-2)36(33,34)22-15-16-24-23(17-22)28-26(31(24)10-4)35-18-25(32)27-20-11-13-21(14-12-20)30(9-3)19(5)6/h11-17,19H,7-10,18H2,1-6H3,(H,27,32). The molecule has 3 aromatic rings. The lowest BCUT2D eigenvalue weighted by Crippen LogP contribution is -2.30. The third kappa shape index (κ3) is 6.04. The number of benzene rings is 2. The normalized spacial score (nSPS) is 12.0. The number of imidazole rings is 1. The van der Waals surface area contributed by atoms with Gasteiger partial charge >= 0.3 is 0 Å². The summed E-state index contributed by atoms with van der Waals surface area (Å²) in [7, 11) is -3.57. The molecule has 0 atom stereocenters. The molecule has 8 nitrogen and oxygen atoms in total. The van der Waals surface area contributed by atoms with Crippen molar-refractivity contribution in [3.8, 4) is 0 Å². The van der Waals surface area contributed by atoms with Gasteiger partial charge in [0.1, 0.15) is 0 Å². The number of rotatable bonds is 12. The Labute approximate surface area is 219 Å². The molecule has 3 rings (SSSR count). The minimum absolute atomic E-state index is 0.122. The molecule has 0 saturated heterocycles. The number of hydrogen-bond donors (Lipinski definition) is 1. The molecule has 1 N–H and O–H groups in total. The molecule has 10 heteroatoms. The van der Waals surface area contributed by atoms with Gasteiger partial charge in [-0.25, -0.2) is 13.4 Å². The molecule has 0 saturated carbocycles. The number of fused-ring (bicyclic) bond motifs is 1. The summed E-state index contributed by atoms with van der Waals surface area (Å²) >= 11 is 1.34. The van der Waals surface area contributed by atoms with E-state index >= 15 is 0 Å². The van der Waals surface area contributed by atoms with E-state index in [2.05, 4.69) is 36.0 Å². The molecule has 0 aliphatic heterocycles. The van der Waals surface area contributed by atoms with Gasteiger partial charge < -0.3 is 14.8 Å². The first-order valence-corrected chi connectivity index (χ1v) is 14.9. The third-order valence-corrected chi connectivity index (χ3v) is 9.15. The van der Waals surface area contributed by atoms with E-state index in [-0.39, 0.29) is 16.6 Å². The number of nitrogens with one attached hydrogen (secondary N) is 1. The summed E-state index contributed by atoms with van der Waals surface area (Å²) in [5, 5.41) is 3.64. The second kappa shape index (κ2) is 12.1. The van der Waals surface area contributed by atoms with Crippen LogP contribution in [0.2, 0.25) is 0 Å². The van der Waals surface area contributed by atoms with E-state index < -0.39 is 10.0 Å². The van der Waals surface area contributed by atoms with Gasteiger partial charge in [0.15, 0.2) is 5.16 Å². The van der Waals surface area contributed by atoms with Crippen molar-refractivity contribution in [2.75, 3.05) is 35.6 Å². The van der Waals surface area contributed by atoms with Crippen molar-refractivity contribution in [1.82, 2.24) is 13.9 Å². The first kappa shape index (κ1) is 28.0. The van der Waals surface area contributed by atoms with Crippen LogP contribution in [0.4, 0.5) is 11.4 Å². The van der Waals surface area contributed by atoms with Crippen LogP contribution in [0.5, 0.6) is 0 Å². The highest BCUT2D eigenvalue weighted by Crippen LogP contribution is 2.27. The van der Waals surface area contributed by atoms with Gasteiger partial charge in [-0.2, -0.15) is 4.31 Å². The SMILES string of the molecule is CCN(c1ccc(NC(=O)CSc2nc3cc(S(=O)(=O)N(CC)CC)ccc3n2CC)cc1)C(C)C. The predicted octanol–water partition coefficient (Wildman–Crippen LogP) is 5.05. The minimum atomic E-state index is -3.57. The van der Waals surface area contributed by atoms with Gasteiger partial charge in [-0.15, -0.1) is 0 Å². The van der Waals surface area contributed by atoms with Crippen LogP contribution in [0, 0.1) is 0 Å². The van der Waals surface area contributed by atoms with Crippen molar-refractivity contribution in [3.05, 3.63) is 42.5 Å². The summed E-state index contributed by atoms with van der Waals surface area (Å²) in [6.45, 7) is 14.5. The zero-order chi connectivity index (χ0) is 26.5. The Morgan fingerprint density at radius 2 is 1.69 bits per heavy atom. The summed E-state index contributed by atoms with van der Waals surface area (Å²) in [4.78, 5) is 19.8. The second-order valence-electron chi connectivity index (χ2n) is 8.64. The van der Waals surface area contributed by atoms with Crippen LogP contribution in [-0.4, -0.2) is 59.6 Å². The zero-order valence-electron chi connectivity index (χ0n) is 22.0. The summed E-state index contributed by atoms with van der Waals surface area (Å²) in [5.74, 6) is 0.0754. The molecular formula is C26H37N5O3S2. The number of nitrogens with zero attached hydrogens (tertiary/aromatic N) is 4. The molecule has 1 amide bonds. The van der Waals surface area contributed by atoms with E-state index in [1.807, 2.05) is 49.6 Å². The van der Waals surface area contributed by atoms with E-state index in [1.54, 1.807) is 18.2 Å². The number of aryl methyl sites for hydroxylation is 1. The monoisotopic (exact) mass is 531 g/mol. The van der Waals surface area contributed by atoms with Gasteiger partial charge in [0, 0.05) is 43.6 Å². The number of thioether (sulfide) groups is 1. The van der Waals surface area contributed by atoms with Crippen molar-refractivity contribution in [1.29, 1.82) is 0 Å². The van der Waals surface area contributed by atoms with E-state index in [0.717, 1.165) is 23.4 Å². The Morgan fingerprint density at radius 3 is 2.25 bits per heavy atom. The summed E-state index contributed by atoms with van der Waals surface area (Å²) in [5.41, 5.74) is 3.33. The Morgan fingerprint density at radius 1 is 1.03 bits per heavy atom. The maximum atomic E-state index is 12.9. The van der Waals surface area contributed by atoms with Crippen molar-refractivity contribution in [3.63, 3.8) is 0 Å². The Balaban J connectivity index is 1.73. The number of sulfonamides is 1. The fourth-order valence-electron chi connectivity index (χ4n) is 4.29. The number of carbonyl (C=O) groups is 1. The second-order valence-corrected chi connectivity index (χ2v) is 11.5. The van der Waals surface area contributed by atoms with Crippen LogP contribution in [0.3, 0.4) is 0 Å². The molecule has 0 aliphatic rings. The van der Waals surface area contributed by atoms with Crippen LogP contribution < -0.4 is 10.2 Å². The largest absolute Gasteiger partial charge is 0.369 e. The van der Waals surface area contributed by atoms with Gasteiger partial charge in [0.05, 0.1) is 21.7 Å². The summed E-state index contributed by atoms with van der Waals surface area (Å²) in [6.07, 6.45) is 0. The molecule has 0 aliphatic carbocycles. The topological polar surface area (TPSA) is 87.5 Å². The molecule has 1 aromatic heterocycles. The number of amides is 1. The van der Waals surface area contributed by atoms with Gasteiger partial charge in [-0.05, 0) is 70.2 Å². The average molecular weight is 532 g/mol. The maximum Gasteiger partial charge on any atom is 0.243 e. The Kier molecular flexibility index (Phi) is 9.43. The molecule has 0 radical (unpaired) electrons. The third-order valence-electron chi connectivity index (χ3n) is 6.12. The Hall–Kier alpha value is -2.56. The zero-order valence-corrected chi connectivity index (χ0v) is 23.6. The molecule has 1 heterocycles. The molecule has 36 heavy (non-hydrogen) atoms. The van der Waals surface area contributed by atoms with Crippen LogP contribution in [0.1, 0.15) is 41.5 Å². The Bertz CT molecular complexity index is 1280. The molecule has 0 fully saturated rings. The molecule has 0 spiro atoms.